The van der Waals surface area contributed by atoms with E-state index in [4.69, 9.17) is 19.3 Å². The molecule has 3 heterocycles. The minimum atomic E-state index is -1.16. The van der Waals surface area contributed by atoms with Gasteiger partial charge in [0, 0.05) is 63.5 Å². The summed E-state index contributed by atoms with van der Waals surface area (Å²) in [6.07, 6.45) is 3.10. The summed E-state index contributed by atoms with van der Waals surface area (Å²) in [6, 6.07) is 12.1. The Labute approximate surface area is 254 Å². The van der Waals surface area contributed by atoms with Crippen molar-refractivity contribution >= 4 is 30.8 Å². The molecule has 2 aliphatic heterocycles. The second-order valence-electron chi connectivity index (χ2n) is 13.0. The van der Waals surface area contributed by atoms with Crippen LogP contribution in [0.25, 0.3) is 10.9 Å². The van der Waals surface area contributed by atoms with Crippen LogP contribution < -0.4 is 4.90 Å². The van der Waals surface area contributed by atoms with Gasteiger partial charge < -0.3 is 29.1 Å². The summed E-state index contributed by atoms with van der Waals surface area (Å²) >= 11 is 0. The number of ether oxygens (including phenoxy) is 3. The Morgan fingerprint density at radius 2 is 1.77 bits per heavy atom. The Bertz CT molecular complexity index is 1360. The first-order valence-electron chi connectivity index (χ1n) is 15.3. The number of hydrogen-bond acceptors (Lipinski definition) is 6. The largest absolute Gasteiger partial charge is 0.465 e. The molecular weight excluding hydrogens is 567 g/mol. The smallest absolute Gasteiger partial charge is 0.407 e. The van der Waals surface area contributed by atoms with E-state index in [1.165, 1.54) is 17.0 Å². The van der Waals surface area contributed by atoms with E-state index in [-0.39, 0.29) is 11.2 Å². The number of fused-ring (bicyclic) bond motifs is 1. The van der Waals surface area contributed by atoms with Crippen molar-refractivity contribution in [1.29, 1.82) is 0 Å². The average Bonchev–Trinajstić information content (AvgIpc) is 3.41. The number of aromatic nitrogens is 2. The topological polar surface area (TPSA) is 89.3 Å². The third-order valence-electron chi connectivity index (χ3n) is 8.66. The van der Waals surface area contributed by atoms with Crippen LogP contribution in [0, 0.1) is 5.82 Å². The van der Waals surface area contributed by atoms with Gasteiger partial charge >= 0.3 is 6.09 Å². The van der Waals surface area contributed by atoms with E-state index in [1.54, 1.807) is 0 Å². The number of piperidine rings is 1. The molecule has 0 saturated carbocycles. The van der Waals surface area contributed by atoms with Gasteiger partial charge in [-0.25, -0.2) is 13.9 Å². The highest BCUT2D eigenvalue weighted by atomic mass is 28.3. The number of anilines is 1. The molecule has 234 valence electrons. The van der Waals surface area contributed by atoms with Crippen LogP contribution in [-0.2, 0) is 32.8 Å². The van der Waals surface area contributed by atoms with Crippen molar-refractivity contribution in [1.82, 2.24) is 14.7 Å². The third-order valence-corrected chi connectivity index (χ3v) is 10.4. The summed E-state index contributed by atoms with van der Waals surface area (Å²) in [4.78, 5) is 15.3. The molecule has 2 saturated heterocycles. The highest BCUT2D eigenvalue weighted by molar-refractivity contribution is 6.76. The first-order chi connectivity index (χ1) is 20.6. The molecule has 0 radical (unpaired) electrons. The molecule has 1 N–H and O–H groups in total. The second kappa shape index (κ2) is 13.8. The van der Waals surface area contributed by atoms with E-state index in [0.29, 0.717) is 65.5 Å². The van der Waals surface area contributed by atoms with Crippen molar-refractivity contribution in [2.75, 3.05) is 64.1 Å². The van der Waals surface area contributed by atoms with Gasteiger partial charge in [-0.15, -0.1) is 0 Å². The molecule has 1 amide bonds. The standard InChI is InChI=1S/C32H45FN4O5Si/c1-43(2,3)19-18-42-24-37-22-26-21-29(35-13-16-40-17-14-35)20-25(30(26)34-37)8-15-41-23-32(27-4-6-28(33)7-5-27)9-11-36(12-10-32)31(38)39/h4-7,20-22H,8-19,23-24H2,1-3H3,(H,38,39). The van der Waals surface area contributed by atoms with E-state index in [1.807, 2.05) is 16.8 Å². The van der Waals surface area contributed by atoms with Crippen LogP contribution in [0.4, 0.5) is 14.9 Å². The monoisotopic (exact) mass is 612 g/mol. The lowest BCUT2D eigenvalue weighted by Gasteiger charge is -2.41. The van der Waals surface area contributed by atoms with Crippen molar-refractivity contribution in [2.45, 2.75) is 57.1 Å². The summed E-state index contributed by atoms with van der Waals surface area (Å²) in [5.41, 5.74) is 3.87. The molecule has 0 aliphatic carbocycles. The highest BCUT2D eigenvalue weighted by Crippen LogP contribution is 2.36. The van der Waals surface area contributed by atoms with Crippen LogP contribution in [0.1, 0.15) is 24.0 Å². The molecule has 0 atom stereocenters. The zero-order chi connectivity index (χ0) is 30.5. The van der Waals surface area contributed by atoms with E-state index in [2.05, 4.69) is 42.9 Å². The number of morpholine rings is 1. The van der Waals surface area contributed by atoms with Crippen LogP contribution >= 0.6 is 0 Å². The van der Waals surface area contributed by atoms with Crippen molar-refractivity contribution < 1.29 is 28.5 Å². The molecule has 0 bridgehead atoms. The summed E-state index contributed by atoms with van der Waals surface area (Å²) in [5.74, 6) is -0.284. The number of carbonyl (C=O) groups is 1. The van der Waals surface area contributed by atoms with Crippen LogP contribution in [-0.4, -0.2) is 93.2 Å². The van der Waals surface area contributed by atoms with E-state index >= 15 is 0 Å². The predicted octanol–water partition coefficient (Wildman–Crippen LogP) is 5.60. The summed E-state index contributed by atoms with van der Waals surface area (Å²) < 4.78 is 33.5. The molecule has 1 aromatic heterocycles. The molecule has 2 aromatic carbocycles. The molecule has 0 unspecified atom stereocenters. The van der Waals surface area contributed by atoms with Crippen molar-refractivity contribution in [3.8, 4) is 0 Å². The number of hydrogen-bond donors (Lipinski definition) is 1. The van der Waals surface area contributed by atoms with Gasteiger partial charge in [-0.05, 0) is 60.7 Å². The molecule has 43 heavy (non-hydrogen) atoms. The Hall–Kier alpha value is -2.99. The van der Waals surface area contributed by atoms with E-state index < -0.39 is 14.2 Å². The van der Waals surface area contributed by atoms with Crippen LogP contribution in [0.3, 0.4) is 0 Å². The Balaban J connectivity index is 1.30. The maximum absolute atomic E-state index is 13.7. The van der Waals surface area contributed by atoms with Crippen LogP contribution in [0.2, 0.25) is 25.7 Å². The van der Waals surface area contributed by atoms with Gasteiger partial charge in [0.25, 0.3) is 0 Å². The molecule has 9 nitrogen and oxygen atoms in total. The van der Waals surface area contributed by atoms with E-state index in [9.17, 15) is 14.3 Å². The average molecular weight is 613 g/mol. The zero-order valence-corrected chi connectivity index (χ0v) is 26.7. The fraction of sp³-hybridized carbons (Fsp3) is 0.562. The summed E-state index contributed by atoms with van der Waals surface area (Å²) in [7, 11) is -1.16. The van der Waals surface area contributed by atoms with Gasteiger partial charge in [0.2, 0.25) is 0 Å². The molecule has 2 aliphatic rings. The number of benzene rings is 2. The van der Waals surface area contributed by atoms with Gasteiger partial charge in [-0.3, -0.25) is 0 Å². The van der Waals surface area contributed by atoms with Crippen molar-refractivity contribution in [2.24, 2.45) is 0 Å². The zero-order valence-electron chi connectivity index (χ0n) is 25.7. The Morgan fingerprint density at radius 1 is 1.05 bits per heavy atom. The minimum absolute atomic E-state index is 0.284. The van der Waals surface area contributed by atoms with Gasteiger partial charge in [0.05, 0.1) is 31.9 Å². The molecule has 2 fully saturated rings. The molecule has 11 heteroatoms. The second-order valence-corrected chi connectivity index (χ2v) is 18.6. The number of amides is 1. The van der Waals surface area contributed by atoms with Gasteiger partial charge in [-0.2, -0.15) is 5.10 Å². The van der Waals surface area contributed by atoms with Crippen LogP contribution in [0.5, 0.6) is 0 Å². The van der Waals surface area contributed by atoms with Crippen molar-refractivity contribution in [3.63, 3.8) is 0 Å². The SMILES string of the molecule is C[Si](C)(C)CCOCn1cc2cc(N3CCOCC3)cc(CCOCC3(c4ccc(F)cc4)CCN(C(=O)O)CC3)c2n1. The number of carboxylic acid groups (broad SMARTS) is 1. The molecule has 3 aromatic rings. The number of rotatable bonds is 12. The molecule has 5 rings (SSSR count). The Morgan fingerprint density at radius 3 is 2.44 bits per heavy atom. The number of halogens is 1. The first kappa shape index (κ1) is 31.4. The maximum Gasteiger partial charge on any atom is 0.407 e. The van der Waals surface area contributed by atoms with Gasteiger partial charge in [-0.1, -0.05) is 31.8 Å². The minimum Gasteiger partial charge on any atom is -0.465 e. The highest BCUT2D eigenvalue weighted by Gasteiger charge is 2.38. The van der Waals surface area contributed by atoms with Crippen molar-refractivity contribution in [3.05, 3.63) is 59.5 Å². The lowest BCUT2D eigenvalue weighted by Crippen LogP contribution is -2.47. The normalized spacial score (nSPS) is 17.5. The lowest BCUT2D eigenvalue weighted by molar-refractivity contribution is 0.0460. The van der Waals surface area contributed by atoms with Gasteiger partial charge in [0.15, 0.2) is 0 Å². The lowest BCUT2D eigenvalue weighted by atomic mass is 9.73. The quantitative estimate of drug-likeness (QED) is 0.211. The van der Waals surface area contributed by atoms with E-state index in [0.717, 1.165) is 53.5 Å². The molecule has 0 spiro atoms. The summed E-state index contributed by atoms with van der Waals surface area (Å²) in [5, 5.41) is 15.5. The fourth-order valence-electron chi connectivity index (χ4n) is 5.93. The van der Waals surface area contributed by atoms with Crippen LogP contribution in [0.15, 0.2) is 42.6 Å². The fourth-order valence-corrected chi connectivity index (χ4v) is 6.69. The predicted molar refractivity (Wildman–Crippen MR) is 168 cm³/mol. The maximum atomic E-state index is 13.7. The first-order valence-corrected chi connectivity index (χ1v) is 19.0. The Kier molecular flexibility index (Phi) is 10.1. The van der Waals surface area contributed by atoms with Gasteiger partial charge in [0.1, 0.15) is 12.5 Å². The summed E-state index contributed by atoms with van der Waals surface area (Å²) in [6.45, 7) is 13.1. The number of likely N-dealkylation sites (tertiary alicyclic amines) is 1. The number of nitrogens with zero attached hydrogens (tertiary/aromatic N) is 4. The third kappa shape index (κ3) is 8.14. The molecular formula is C32H45FN4O5Si.